The maximum Gasteiger partial charge on any atom is 0.394 e. The highest BCUT2D eigenvalue weighted by Crippen LogP contribution is 2.38. The first kappa shape index (κ1) is 12.1. The molecule has 0 aromatic rings. The molecule has 3 aliphatic rings. The van der Waals surface area contributed by atoms with Crippen LogP contribution >= 0.6 is 0 Å². The summed E-state index contributed by atoms with van der Waals surface area (Å²) in [7, 11) is -4.67. The molecule has 0 spiro atoms. The van der Waals surface area contributed by atoms with E-state index in [0.717, 1.165) is 6.54 Å². The van der Waals surface area contributed by atoms with Crippen LogP contribution in [0.15, 0.2) is 47.7 Å². The third kappa shape index (κ3) is 3.06. The summed E-state index contributed by atoms with van der Waals surface area (Å²) in [4.78, 5) is 0. The highest BCUT2D eigenvalue weighted by atomic mass is 32.3. The second kappa shape index (κ2) is 4.48. The Bertz CT molecular complexity index is 520. The van der Waals surface area contributed by atoms with Gasteiger partial charge in [-0.2, -0.15) is 8.42 Å². The van der Waals surface area contributed by atoms with Crippen LogP contribution in [-0.4, -0.2) is 24.1 Å². The fourth-order valence-corrected chi connectivity index (χ4v) is 2.30. The average Bonchev–Trinajstić information content (AvgIpc) is 2.62. The van der Waals surface area contributed by atoms with E-state index in [1.807, 2.05) is 0 Å². The maximum atomic E-state index is 8.74. The van der Waals surface area contributed by atoms with Crippen LogP contribution in [-0.2, 0) is 10.4 Å². The Hall–Kier alpha value is -1.37. The van der Waals surface area contributed by atoms with E-state index in [4.69, 9.17) is 17.5 Å². The molecule has 6 heteroatoms. The molecule has 0 bridgehead atoms. The van der Waals surface area contributed by atoms with Crippen LogP contribution in [0.5, 0.6) is 0 Å². The summed E-state index contributed by atoms with van der Waals surface area (Å²) in [6.07, 6.45) is 13.3. The smallest absolute Gasteiger partial charge is 0.387 e. The van der Waals surface area contributed by atoms with E-state index in [9.17, 15) is 0 Å². The fourth-order valence-electron chi connectivity index (χ4n) is 2.30. The minimum atomic E-state index is -4.67. The summed E-state index contributed by atoms with van der Waals surface area (Å²) in [6.45, 7) is 1.10. The molecule has 92 valence electrons. The third-order valence-corrected chi connectivity index (χ3v) is 2.88. The Labute approximate surface area is 99.8 Å². The predicted molar refractivity (Wildman–Crippen MR) is 63.6 cm³/mol. The number of nitrogens with one attached hydrogen (secondary N) is 1. The van der Waals surface area contributed by atoms with Crippen molar-refractivity contribution in [2.24, 2.45) is 11.8 Å². The van der Waals surface area contributed by atoms with Gasteiger partial charge >= 0.3 is 10.4 Å². The lowest BCUT2D eigenvalue weighted by atomic mass is 9.81. The molecule has 0 aromatic heterocycles. The lowest BCUT2D eigenvalue weighted by Gasteiger charge is -2.22. The largest absolute Gasteiger partial charge is 0.394 e. The predicted octanol–water partition coefficient (Wildman–Crippen LogP) is 1.12. The minimum Gasteiger partial charge on any atom is -0.387 e. The van der Waals surface area contributed by atoms with Gasteiger partial charge < -0.3 is 5.32 Å². The van der Waals surface area contributed by atoms with Crippen molar-refractivity contribution >= 4 is 10.4 Å². The number of hydrogen-bond donors (Lipinski definition) is 3. The van der Waals surface area contributed by atoms with E-state index in [2.05, 4.69) is 41.8 Å². The van der Waals surface area contributed by atoms with Gasteiger partial charge in [-0.05, 0) is 11.6 Å². The van der Waals surface area contributed by atoms with Gasteiger partial charge in [0.05, 0.1) is 0 Å². The minimum absolute atomic E-state index is 0.639. The van der Waals surface area contributed by atoms with Crippen molar-refractivity contribution < 1.29 is 17.5 Å². The second-order valence-corrected chi connectivity index (χ2v) is 4.90. The van der Waals surface area contributed by atoms with Crippen molar-refractivity contribution in [1.29, 1.82) is 0 Å². The van der Waals surface area contributed by atoms with Gasteiger partial charge in [0, 0.05) is 24.1 Å². The molecule has 1 aliphatic heterocycles. The van der Waals surface area contributed by atoms with E-state index >= 15 is 0 Å². The average molecular weight is 255 g/mol. The van der Waals surface area contributed by atoms with Crippen molar-refractivity contribution in [2.45, 2.75) is 0 Å². The Morgan fingerprint density at radius 3 is 2.65 bits per heavy atom. The van der Waals surface area contributed by atoms with Crippen LogP contribution in [0, 0.1) is 11.8 Å². The van der Waals surface area contributed by atoms with Crippen LogP contribution in [0.2, 0.25) is 0 Å². The lowest BCUT2D eigenvalue weighted by Crippen LogP contribution is -2.14. The molecule has 0 aromatic carbocycles. The molecule has 0 radical (unpaired) electrons. The topological polar surface area (TPSA) is 86.6 Å². The van der Waals surface area contributed by atoms with Crippen molar-refractivity contribution in [1.82, 2.24) is 5.32 Å². The van der Waals surface area contributed by atoms with E-state index in [-0.39, 0.29) is 0 Å². The molecule has 3 rings (SSSR count). The van der Waals surface area contributed by atoms with Crippen molar-refractivity contribution in [3.63, 3.8) is 0 Å². The molecule has 2 unspecified atom stereocenters. The highest BCUT2D eigenvalue weighted by molar-refractivity contribution is 7.79. The van der Waals surface area contributed by atoms with E-state index in [1.165, 1.54) is 11.3 Å². The maximum absolute atomic E-state index is 8.74. The van der Waals surface area contributed by atoms with E-state index in [1.54, 1.807) is 0 Å². The Morgan fingerprint density at radius 2 is 1.94 bits per heavy atom. The van der Waals surface area contributed by atoms with E-state index in [0.29, 0.717) is 11.8 Å². The van der Waals surface area contributed by atoms with Gasteiger partial charge in [-0.1, -0.05) is 30.4 Å². The van der Waals surface area contributed by atoms with Crippen LogP contribution in [0.4, 0.5) is 0 Å². The molecule has 0 amide bonds. The number of allylic oxidation sites excluding steroid dienone is 6. The molecule has 2 atom stereocenters. The van der Waals surface area contributed by atoms with Crippen LogP contribution < -0.4 is 5.32 Å². The third-order valence-electron chi connectivity index (χ3n) is 2.88. The molecule has 1 heterocycles. The first-order valence-electron chi connectivity index (χ1n) is 5.15. The SMILES string of the molecule is C1=CC2=CC=CC3CNC(=C1)C23.O=S(=O)(O)O. The van der Waals surface area contributed by atoms with Crippen molar-refractivity contribution in [2.75, 3.05) is 6.54 Å². The summed E-state index contributed by atoms with van der Waals surface area (Å²) < 4.78 is 31.6. The molecule has 5 nitrogen and oxygen atoms in total. The first-order valence-corrected chi connectivity index (χ1v) is 6.55. The highest BCUT2D eigenvalue weighted by Gasteiger charge is 2.33. The normalized spacial score (nSPS) is 28.4. The van der Waals surface area contributed by atoms with Gasteiger partial charge in [0.25, 0.3) is 0 Å². The molecule has 17 heavy (non-hydrogen) atoms. The van der Waals surface area contributed by atoms with Crippen LogP contribution in [0.25, 0.3) is 0 Å². The summed E-state index contributed by atoms with van der Waals surface area (Å²) in [5.41, 5.74) is 2.86. The van der Waals surface area contributed by atoms with Crippen LogP contribution in [0.3, 0.4) is 0 Å². The Morgan fingerprint density at radius 1 is 1.24 bits per heavy atom. The van der Waals surface area contributed by atoms with Gasteiger partial charge in [-0.25, -0.2) is 0 Å². The molecule has 1 fully saturated rings. The fraction of sp³-hybridized carbons (Fsp3) is 0.273. The van der Waals surface area contributed by atoms with Gasteiger partial charge in [0.1, 0.15) is 0 Å². The summed E-state index contributed by atoms with van der Waals surface area (Å²) in [5, 5.41) is 3.45. The van der Waals surface area contributed by atoms with Crippen LogP contribution in [0.1, 0.15) is 0 Å². The summed E-state index contributed by atoms with van der Waals surface area (Å²) >= 11 is 0. The Balaban J connectivity index is 0.000000188. The standard InChI is InChI=1S/C11H11N.H2O4S/c1-3-8-4-2-6-10-11(8)9(5-1)7-12-10;1-5(2,3)4/h1-6,9,11-12H,7H2;(H2,1,2,3,4). The first-order chi connectivity index (χ1) is 7.95. The van der Waals surface area contributed by atoms with E-state index < -0.39 is 10.4 Å². The molecule has 3 N–H and O–H groups in total. The summed E-state index contributed by atoms with van der Waals surface area (Å²) in [5.74, 6) is 1.33. The number of rotatable bonds is 0. The molecule has 0 saturated carbocycles. The zero-order chi connectivity index (χ0) is 12.5. The summed E-state index contributed by atoms with van der Waals surface area (Å²) in [6, 6.07) is 0. The Kier molecular flexibility index (Phi) is 3.19. The zero-order valence-electron chi connectivity index (χ0n) is 8.95. The lowest BCUT2D eigenvalue weighted by molar-refractivity contribution is 0.381. The van der Waals surface area contributed by atoms with Gasteiger partial charge in [-0.3, -0.25) is 9.11 Å². The molecule has 2 aliphatic carbocycles. The zero-order valence-corrected chi connectivity index (χ0v) is 9.76. The molecular weight excluding hydrogens is 242 g/mol. The number of hydrogen-bond acceptors (Lipinski definition) is 3. The van der Waals surface area contributed by atoms with Gasteiger partial charge in [-0.15, -0.1) is 0 Å². The second-order valence-electron chi connectivity index (χ2n) is 4.00. The quantitative estimate of drug-likeness (QED) is 0.565. The van der Waals surface area contributed by atoms with Crippen molar-refractivity contribution in [3.8, 4) is 0 Å². The van der Waals surface area contributed by atoms with Gasteiger partial charge in [0.15, 0.2) is 0 Å². The monoisotopic (exact) mass is 255 g/mol. The molecule has 1 saturated heterocycles. The van der Waals surface area contributed by atoms with Gasteiger partial charge in [0.2, 0.25) is 0 Å². The van der Waals surface area contributed by atoms with Crippen molar-refractivity contribution in [3.05, 3.63) is 47.7 Å². The molecular formula is C11H13NO4S.